The maximum atomic E-state index is 12.7. The summed E-state index contributed by atoms with van der Waals surface area (Å²) >= 11 is 0. The van der Waals surface area contributed by atoms with Gasteiger partial charge in [0, 0.05) is 0 Å². The number of alkyl halides is 3. The van der Waals surface area contributed by atoms with Crippen LogP contribution in [0.25, 0.3) is 0 Å². The van der Waals surface area contributed by atoms with Crippen molar-refractivity contribution in [1.29, 1.82) is 5.26 Å². The fourth-order valence-corrected chi connectivity index (χ4v) is 3.95. The van der Waals surface area contributed by atoms with E-state index in [-0.39, 0.29) is 16.1 Å². The smallest absolute Gasteiger partial charge is 0.278 e. The van der Waals surface area contributed by atoms with Crippen molar-refractivity contribution in [3.63, 3.8) is 0 Å². The van der Waals surface area contributed by atoms with E-state index in [0.29, 0.717) is 6.07 Å². The van der Waals surface area contributed by atoms with Crippen molar-refractivity contribution in [1.82, 2.24) is 0 Å². The molecule has 2 aromatic carbocycles. The first-order valence-electron chi connectivity index (χ1n) is 7.47. The van der Waals surface area contributed by atoms with Crippen LogP contribution in [0.2, 0.25) is 0 Å². The first kappa shape index (κ1) is 17.3. The molecule has 0 atom stereocenters. The molecular formula is C17H13F3N2O2S. The Labute approximate surface area is 143 Å². The van der Waals surface area contributed by atoms with E-state index in [9.17, 15) is 21.6 Å². The molecule has 8 heteroatoms. The van der Waals surface area contributed by atoms with E-state index >= 15 is 0 Å². The van der Waals surface area contributed by atoms with Crippen LogP contribution in [0.1, 0.15) is 28.7 Å². The number of nitrogens with zero attached hydrogens (tertiary/aromatic N) is 1. The topological polar surface area (TPSA) is 70.0 Å². The van der Waals surface area contributed by atoms with Crippen LogP contribution in [0.15, 0.2) is 41.3 Å². The van der Waals surface area contributed by atoms with Gasteiger partial charge in [0.1, 0.15) is 6.07 Å². The lowest BCUT2D eigenvalue weighted by molar-refractivity contribution is -0.137. The molecule has 0 saturated carbocycles. The van der Waals surface area contributed by atoms with Gasteiger partial charge in [0.05, 0.1) is 21.7 Å². The van der Waals surface area contributed by atoms with E-state index in [1.165, 1.54) is 6.07 Å². The van der Waals surface area contributed by atoms with Gasteiger partial charge < -0.3 is 0 Å². The van der Waals surface area contributed by atoms with Gasteiger partial charge in [0.15, 0.2) is 0 Å². The summed E-state index contributed by atoms with van der Waals surface area (Å²) in [5.41, 5.74) is 0.474. The third-order valence-electron chi connectivity index (χ3n) is 4.09. The molecule has 1 aliphatic carbocycles. The fourth-order valence-electron chi connectivity index (χ4n) is 2.82. The molecule has 0 aromatic heterocycles. The van der Waals surface area contributed by atoms with Gasteiger partial charge in [-0.2, -0.15) is 18.4 Å². The van der Waals surface area contributed by atoms with Crippen LogP contribution in [0, 0.1) is 11.3 Å². The molecular weight excluding hydrogens is 353 g/mol. The Morgan fingerprint density at radius 3 is 2.44 bits per heavy atom. The summed E-state index contributed by atoms with van der Waals surface area (Å²) in [6.07, 6.45) is -1.95. The molecule has 4 nitrogen and oxygen atoms in total. The molecule has 0 bridgehead atoms. The highest BCUT2D eigenvalue weighted by molar-refractivity contribution is 7.92. The zero-order valence-corrected chi connectivity index (χ0v) is 13.7. The van der Waals surface area contributed by atoms with Crippen molar-refractivity contribution >= 4 is 15.7 Å². The van der Waals surface area contributed by atoms with E-state index < -0.39 is 21.8 Å². The van der Waals surface area contributed by atoms with E-state index in [0.717, 1.165) is 42.5 Å². The molecule has 0 radical (unpaired) electrons. The van der Waals surface area contributed by atoms with Crippen LogP contribution in [-0.2, 0) is 29.0 Å². The quantitative estimate of drug-likeness (QED) is 0.897. The maximum absolute atomic E-state index is 12.7. The third-order valence-corrected chi connectivity index (χ3v) is 5.46. The number of sulfonamides is 1. The van der Waals surface area contributed by atoms with Crippen molar-refractivity contribution in [3.05, 3.63) is 58.7 Å². The Balaban J connectivity index is 1.95. The zero-order chi connectivity index (χ0) is 18.2. The third kappa shape index (κ3) is 3.46. The van der Waals surface area contributed by atoms with Crippen molar-refractivity contribution in [2.75, 3.05) is 4.72 Å². The molecule has 0 amide bonds. The summed E-state index contributed by atoms with van der Waals surface area (Å²) in [5.74, 6) is 0. The fraction of sp³-hybridized carbons (Fsp3) is 0.235. The SMILES string of the molecule is N#Cc1cc(C(F)(F)F)ccc1NS(=O)(=O)c1ccc2c(c1)CCC2. The lowest BCUT2D eigenvalue weighted by atomic mass is 10.1. The Morgan fingerprint density at radius 1 is 1.04 bits per heavy atom. The Bertz CT molecular complexity index is 976. The van der Waals surface area contributed by atoms with E-state index in [4.69, 9.17) is 5.26 Å². The summed E-state index contributed by atoms with van der Waals surface area (Å²) in [5, 5.41) is 9.05. The molecule has 0 fully saturated rings. The number of aryl methyl sites for hydroxylation is 2. The average molecular weight is 366 g/mol. The highest BCUT2D eigenvalue weighted by Crippen LogP contribution is 2.32. The van der Waals surface area contributed by atoms with Gasteiger partial charge in [-0.25, -0.2) is 8.42 Å². The van der Waals surface area contributed by atoms with Crippen molar-refractivity contribution in [3.8, 4) is 6.07 Å². The van der Waals surface area contributed by atoms with Gasteiger partial charge >= 0.3 is 6.18 Å². The number of fused-ring (bicyclic) bond motifs is 1. The van der Waals surface area contributed by atoms with Crippen LogP contribution < -0.4 is 4.72 Å². The maximum Gasteiger partial charge on any atom is 0.416 e. The molecule has 2 aromatic rings. The first-order valence-corrected chi connectivity index (χ1v) is 8.95. The van der Waals surface area contributed by atoms with Gasteiger partial charge in [-0.05, 0) is 60.7 Å². The molecule has 0 aliphatic heterocycles. The molecule has 25 heavy (non-hydrogen) atoms. The van der Waals surface area contributed by atoms with Gasteiger partial charge in [-0.3, -0.25) is 4.72 Å². The van der Waals surface area contributed by atoms with Gasteiger partial charge in [0.2, 0.25) is 0 Å². The number of hydrogen-bond acceptors (Lipinski definition) is 3. The second-order valence-corrected chi connectivity index (χ2v) is 7.44. The monoisotopic (exact) mass is 366 g/mol. The van der Waals surface area contributed by atoms with Crippen molar-refractivity contribution in [2.45, 2.75) is 30.3 Å². The summed E-state index contributed by atoms with van der Waals surface area (Å²) in [6, 6.07) is 8.69. The number of anilines is 1. The number of nitrogens with one attached hydrogen (secondary N) is 1. The van der Waals surface area contributed by atoms with Crippen LogP contribution in [-0.4, -0.2) is 8.42 Å². The molecule has 0 spiro atoms. The summed E-state index contributed by atoms with van der Waals surface area (Å²) in [4.78, 5) is 0.0249. The van der Waals surface area contributed by atoms with Crippen LogP contribution >= 0.6 is 0 Å². The van der Waals surface area contributed by atoms with E-state index in [2.05, 4.69) is 4.72 Å². The molecule has 0 unspecified atom stereocenters. The lowest BCUT2D eigenvalue weighted by Crippen LogP contribution is -2.15. The molecule has 0 saturated heterocycles. The molecule has 130 valence electrons. The number of benzene rings is 2. The summed E-state index contributed by atoms with van der Waals surface area (Å²) in [6.45, 7) is 0. The minimum Gasteiger partial charge on any atom is -0.278 e. The minimum atomic E-state index is -4.61. The highest BCUT2D eigenvalue weighted by Gasteiger charge is 2.31. The van der Waals surface area contributed by atoms with Crippen LogP contribution in [0.3, 0.4) is 0 Å². The second kappa shape index (κ2) is 6.08. The standard InChI is InChI=1S/C17H13F3N2O2S/c18-17(19,20)14-5-7-16(13(8-14)10-21)22-25(23,24)15-6-4-11-2-1-3-12(11)9-15/h4-9,22H,1-3H2. The second-order valence-electron chi connectivity index (χ2n) is 5.76. The zero-order valence-electron chi connectivity index (χ0n) is 12.9. The summed E-state index contributed by atoms with van der Waals surface area (Å²) < 4.78 is 65.4. The average Bonchev–Trinajstić information content (AvgIpc) is 3.01. The van der Waals surface area contributed by atoms with Gasteiger partial charge in [-0.1, -0.05) is 6.07 Å². The first-order chi connectivity index (χ1) is 11.7. The van der Waals surface area contributed by atoms with Gasteiger partial charge in [0.25, 0.3) is 10.0 Å². The normalized spacial score (nSPS) is 14.0. The number of halogens is 3. The molecule has 1 aliphatic rings. The lowest BCUT2D eigenvalue weighted by Gasteiger charge is -2.13. The largest absolute Gasteiger partial charge is 0.416 e. The predicted molar refractivity (Wildman–Crippen MR) is 85.4 cm³/mol. The Kier molecular flexibility index (Phi) is 4.21. The highest BCUT2D eigenvalue weighted by atomic mass is 32.2. The summed E-state index contributed by atoms with van der Waals surface area (Å²) in [7, 11) is -4.00. The molecule has 1 N–H and O–H groups in total. The van der Waals surface area contributed by atoms with E-state index in [1.54, 1.807) is 18.2 Å². The van der Waals surface area contributed by atoms with E-state index in [1.807, 2.05) is 0 Å². The molecule has 3 rings (SSSR count). The predicted octanol–water partition coefficient (Wildman–Crippen LogP) is 3.87. The Hall–Kier alpha value is -2.53. The van der Waals surface area contributed by atoms with Crippen LogP contribution in [0.5, 0.6) is 0 Å². The van der Waals surface area contributed by atoms with Crippen molar-refractivity contribution in [2.24, 2.45) is 0 Å². The van der Waals surface area contributed by atoms with Crippen molar-refractivity contribution < 1.29 is 21.6 Å². The number of nitriles is 1. The number of rotatable bonds is 3. The molecule has 0 heterocycles. The van der Waals surface area contributed by atoms with Gasteiger partial charge in [-0.15, -0.1) is 0 Å². The Morgan fingerprint density at radius 2 is 1.76 bits per heavy atom. The number of hydrogen-bond donors (Lipinski definition) is 1. The minimum absolute atomic E-state index is 0.0249. The van der Waals surface area contributed by atoms with Crippen LogP contribution in [0.4, 0.5) is 18.9 Å².